The van der Waals surface area contributed by atoms with Gasteiger partial charge in [0.2, 0.25) is 0 Å². The summed E-state index contributed by atoms with van der Waals surface area (Å²) in [7, 11) is 0. The van der Waals surface area contributed by atoms with Crippen LogP contribution in [0.5, 0.6) is 0 Å². The van der Waals surface area contributed by atoms with Gasteiger partial charge in [-0.3, -0.25) is 15.0 Å². The van der Waals surface area contributed by atoms with E-state index in [1.807, 2.05) is 59.5 Å². The SMILES string of the molecule is O=C(c1ccc(-c2ccccc2)cc1)N1CCC2(CC1)NCCN2Cc1ccccc1F. The van der Waals surface area contributed by atoms with Gasteiger partial charge in [0.25, 0.3) is 5.91 Å². The summed E-state index contributed by atoms with van der Waals surface area (Å²) in [6.45, 7) is 3.77. The lowest BCUT2D eigenvalue weighted by molar-refractivity contribution is 0.0285. The van der Waals surface area contributed by atoms with Crippen LogP contribution >= 0.6 is 0 Å². The van der Waals surface area contributed by atoms with Gasteiger partial charge in [0, 0.05) is 43.9 Å². The van der Waals surface area contributed by atoms with Gasteiger partial charge >= 0.3 is 0 Å². The van der Waals surface area contributed by atoms with Crippen LogP contribution in [0.25, 0.3) is 11.1 Å². The van der Waals surface area contributed by atoms with E-state index >= 15 is 0 Å². The molecule has 4 nitrogen and oxygen atoms in total. The largest absolute Gasteiger partial charge is 0.338 e. The van der Waals surface area contributed by atoms with Crippen molar-refractivity contribution in [1.82, 2.24) is 15.1 Å². The smallest absolute Gasteiger partial charge is 0.253 e. The summed E-state index contributed by atoms with van der Waals surface area (Å²) in [6.07, 6.45) is 1.69. The Labute approximate surface area is 188 Å². The maximum absolute atomic E-state index is 14.2. The van der Waals surface area contributed by atoms with Crippen molar-refractivity contribution in [2.24, 2.45) is 0 Å². The van der Waals surface area contributed by atoms with E-state index in [0.29, 0.717) is 19.6 Å². The number of benzene rings is 3. The molecule has 0 radical (unpaired) electrons. The summed E-state index contributed by atoms with van der Waals surface area (Å²) in [6, 6.07) is 25.1. The molecule has 0 saturated carbocycles. The highest BCUT2D eigenvalue weighted by Gasteiger charge is 2.43. The Morgan fingerprint density at radius 3 is 2.22 bits per heavy atom. The summed E-state index contributed by atoms with van der Waals surface area (Å²) >= 11 is 0. The number of rotatable bonds is 4. The molecule has 2 aliphatic heterocycles. The molecule has 2 heterocycles. The number of piperidine rings is 1. The average molecular weight is 430 g/mol. The van der Waals surface area contributed by atoms with Gasteiger partial charge in [-0.2, -0.15) is 0 Å². The van der Waals surface area contributed by atoms with E-state index in [9.17, 15) is 9.18 Å². The van der Waals surface area contributed by atoms with Crippen molar-refractivity contribution in [1.29, 1.82) is 0 Å². The van der Waals surface area contributed by atoms with Crippen LogP contribution in [-0.2, 0) is 6.54 Å². The third-order valence-corrected chi connectivity index (χ3v) is 6.88. The Morgan fingerprint density at radius 1 is 0.844 bits per heavy atom. The molecule has 3 aromatic carbocycles. The van der Waals surface area contributed by atoms with Crippen LogP contribution in [0, 0.1) is 5.82 Å². The first kappa shape index (κ1) is 20.9. The fourth-order valence-corrected chi connectivity index (χ4v) is 5.00. The molecular formula is C27H28FN3O. The van der Waals surface area contributed by atoms with Crippen LogP contribution in [0.1, 0.15) is 28.8 Å². The van der Waals surface area contributed by atoms with Crippen molar-refractivity contribution in [3.8, 4) is 11.1 Å². The Kier molecular flexibility index (Phi) is 5.77. The standard InChI is InChI=1S/C27H28FN3O/c28-25-9-5-4-8-24(25)20-31-19-16-29-27(31)14-17-30(18-15-27)26(32)23-12-10-22(11-13-23)21-6-2-1-3-7-21/h1-13,29H,14-20H2. The van der Waals surface area contributed by atoms with Crippen LogP contribution in [-0.4, -0.2) is 47.5 Å². The second kappa shape index (κ2) is 8.85. The number of carbonyl (C=O) groups is 1. The monoisotopic (exact) mass is 429 g/mol. The second-order valence-electron chi connectivity index (χ2n) is 8.71. The molecule has 0 aliphatic carbocycles. The molecule has 0 atom stereocenters. The Bertz CT molecular complexity index is 1080. The highest BCUT2D eigenvalue weighted by atomic mass is 19.1. The van der Waals surface area contributed by atoms with Gasteiger partial charge in [-0.15, -0.1) is 0 Å². The molecule has 0 aromatic heterocycles. The van der Waals surface area contributed by atoms with Gasteiger partial charge in [-0.05, 0) is 42.2 Å². The Hall–Kier alpha value is -3.02. The van der Waals surface area contributed by atoms with E-state index in [-0.39, 0.29) is 17.4 Å². The van der Waals surface area contributed by atoms with Crippen LogP contribution in [0.4, 0.5) is 4.39 Å². The number of halogens is 1. The van der Waals surface area contributed by atoms with E-state index in [1.165, 1.54) is 6.07 Å². The number of likely N-dealkylation sites (tertiary alicyclic amines) is 1. The van der Waals surface area contributed by atoms with Crippen molar-refractivity contribution in [2.75, 3.05) is 26.2 Å². The molecule has 5 rings (SSSR count). The molecule has 32 heavy (non-hydrogen) atoms. The molecule has 164 valence electrons. The molecule has 0 bridgehead atoms. The van der Waals surface area contributed by atoms with Crippen LogP contribution in [0.2, 0.25) is 0 Å². The maximum Gasteiger partial charge on any atom is 0.253 e. The molecule has 1 spiro atoms. The van der Waals surface area contributed by atoms with Crippen molar-refractivity contribution < 1.29 is 9.18 Å². The predicted octanol–water partition coefficient (Wildman–Crippen LogP) is 4.53. The fourth-order valence-electron chi connectivity index (χ4n) is 5.00. The van der Waals surface area contributed by atoms with Gasteiger partial charge in [0.15, 0.2) is 0 Å². The number of hydrogen-bond acceptors (Lipinski definition) is 3. The highest BCUT2D eigenvalue weighted by Crippen LogP contribution is 2.32. The normalized spacial score (nSPS) is 18.2. The molecule has 1 amide bonds. The summed E-state index contributed by atoms with van der Waals surface area (Å²) in [5.74, 6) is -0.0702. The van der Waals surface area contributed by atoms with Crippen molar-refractivity contribution >= 4 is 5.91 Å². The van der Waals surface area contributed by atoms with Crippen LogP contribution < -0.4 is 5.32 Å². The Balaban J connectivity index is 1.24. The third kappa shape index (κ3) is 4.06. The number of nitrogens with zero attached hydrogens (tertiary/aromatic N) is 2. The third-order valence-electron chi connectivity index (χ3n) is 6.88. The summed E-state index contributed by atoms with van der Waals surface area (Å²) in [5.41, 5.74) is 3.55. The Morgan fingerprint density at radius 2 is 1.50 bits per heavy atom. The lowest BCUT2D eigenvalue weighted by atomic mass is 9.94. The van der Waals surface area contributed by atoms with E-state index in [2.05, 4.69) is 22.3 Å². The predicted molar refractivity (Wildman–Crippen MR) is 125 cm³/mol. The quantitative estimate of drug-likeness (QED) is 0.662. The number of carbonyl (C=O) groups excluding carboxylic acids is 1. The summed E-state index contributed by atoms with van der Waals surface area (Å²) in [4.78, 5) is 17.4. The highest BCUT2D eigenvalue weighted by molar-refractivity contribution is 5.94. The first-order valence-electron chi connectivity index (χ1n) is 11.3. The first-order valence-corrected chi connectivity index (χ1v) is 11.3. The summed E-state index contributed by atoms with van der Waals surface area (Å²) < 4.78 is 14.2. The van der Waals surface area contributed by atoms with E-state index < -0.39 is 0 Å². The van der Waals surface area contributed by atoms with Gasteiger partial charge in [-0.25, -0.2) is 4.39 Å². The molecular weight excluding hydrogens is 401 g/mol. The zero-order chi connectivity index (χ0) is 22.0. The van der Waals surface area contributed by atoms with E-state index in [4.69, 9.17) is 0 Å². The minimum atomic E-state index is -0.157. The lowest BCUT2D eigenvalue weighted by Crippen LogP contribution is -2.58. The van der Waals surface area contributed by atoms with E-state index in [1.54, 1.807) is 6.07 Å². The average Bonchev–Trinajstić information content (AvgIpc) is 3.22. The van der Waals surface area contributed by atoms with Gasteiger partial charge < -0.3 is 4.90 Å². The van der Waals surface area contributed by atoms with Gasteiger partial charge in [0.1, 0.15) is 5.82 Å². The molecule has 0 unspecified atom stereocenters. The van der Waals surface area contributed by atoms with Gasteiger partial charge in [-0.1, -0.05) is 60.7 Å². The van der Waals surface area contributed by atoms with Crippen LogP contribution in [0.15, 0.2) is 78.9 Å². The lowest BCUT2D eigenvalue weighted by Gasteiger charge is -2.45. The second-order valence-corrected chi connectivity index (χ2v) is 8.71. The maximum atomic E-state index is 14.2. The minimum Gasteiger partial charge on any atom is -0.338 e. The number of nitrogens with one attached hydrogen (secondary N) is 1. The van der Waals surface area contributed by atoms with Crippen molar-refractivity contribution in [3.05, 3.63) is 95.8 Å². The molecule has 5 heteroatoms. The molecule has 2 aliphatic rings. The van der Waals surface area contributed by atoms with Crippen molar-refractivity contribution in [3.63, 3.8) is 0 Å². The molecule has 2 saturated heterocycles. The summed E-state index contributed by atoms with van der Waals surface area (Å²) in [5, 5.41) is 3.65. The number of hydrogen-bond donors (Lipinski definition) is 1. The topological polar surface area (TPSA) is 35.6 Å². The molecule has 1 N–H and O–H groups in total. The first-order chi connectivity index (χ1) is 15.6. The number of amides is 1. The zero-order valence-corrected chi connectivity index (χ0v) is 18.1. The fraction of sp³-hybridized carbons (Fsp3) is 0.296. The van der Waals surface area contributed by atoms with E-state index in [0.717, 1.165) is 48.2 Å². The minimum absolute atomic E-state index is 0.0816. The zero-order valence-electron chi connectivity index (χ0n) is 18.1. The molecule has 3 aromatic rings. The van der Waals surface area contributed by atoms with Crippen molar-refractivity contribution in [2.45, 2.75) is 25.0 Å². The van der Waals surface area contributed by atoms with Crippen LogP contribution in [0.3, 0.4) is 0 Å². The molecule has 2 fully saturated rings. The van der Waals surface area contributed by atoms with Gasteiger partial charge in [0.05, 0.1) is 5.66 Å².